The molecule has 0 fully saturated rings. The summed E-state index contributed by atoms with van der Waals surface area (Å²) >= 11 is 0. The summed E-state index contributed by atoms with van der Waals surface area (Å²) in [6.07, 6.45) is 1.41. The van der Waals surface area contributed by atoms with Crippen molar-refractivity contribution in [3.05, 3.63) is 67.0 Å². The minimum atomic E-state index is 0.333. The molecule has 2 heterocycles. The van der Waals surface area contributed by atoms with Crippen LogP contribution in [0.15, 0.2) is 67.0 Å². The first-order valence-corrected chi connectivity index (χ1v) is 7.22. The zero-order chi connectivity index (χ0) is 15.6. The van der Waals surface area contributed by atoms with Crippen LogP contribution in [0, 0.1) is 0 Å². The molecule has 23 heavy (non-hydrogen) atoms. The summed E-state index contributed by atoms with van der Waals surface area (Å²) in [5.41, 5.74) is 10.5. The number of anilines is 1. The van der Waals surface area contributed by atoms with Crippen LogP contribution in [-0.4, -0.2) is 19.9 Å². The number of nitrogen functional groups attached to an aromatic ring is 1. The van der Waals surface area contributed by atoms with Crippen LogP contribution in [0.25, 0.3) is 33.7 Å². The van der Waals surface area contributed by atoms with Gasteiger partial charge < -0.3 is 5.73 Å². The van der Waals surface area contributed by atoms with Crippen molar-refractivity contribution in [1.29, 1.82) is 0 Å². The highest BCUT2D eigenvalue weighted by atomic mass is 15.0. The van der Waals surface area contributed by atoms with Gasteiger partial charge >= 0.3 is 0 Å². The van der Waals surface area contributed by atoms with E-state index in [0.717, 1.165) is 22.5 Å². The summed E-state index contributed by atoms with van der Waals surface area (Å²) in [5.74, 6) is 0.333. The largest absolute Gasteiger partial charge is 0.382 e. The summed E-state index contributed by atoms with van der Waals surface area (Å²) in [5, 5.41) is 0. The van der Waals surface area contributed by atoms with Gasteiger partial charge in [0.25, 0.3) is 0 Å². The van der Waals surface area contributed by atoms with E-state index in [0.29, 0.717) is 17.0 Å². The maximum Gasteiger partial charge on any atom is 0.184 e. The SMILES string of the molecule is Nc1ncnc2nc(-c3ccccc3)c(-c3ccccc3)nc12. The van der Waals surface area contributed by atoms with Gasteiger partial charge in [0.2, 0.25) is 0 Å². The van der Waals surface area contributed by atoms with Crippen LogP contribution in [0.4, 0.5) is 5.82 Å². The first-order valence-electron chi connectivity index (χ1n) is 7.22. The van der Waals surface area contributed by atoms with E-state index in [1.165, 1.54) is 6.33 Å². The fourth-order valence-electron chi connectivity index (χ4n) is 2.49. The van der Waals surface area contributed by atoms with Crippen molar-refractivity contribution >= 4 is 17.0 Å². The van der Waals surface area contributed by atoms with Crippen LogP contribution in [-0.2, 0) is 0 Å². The highest BCUT2D eigenvalue weighted by Crippen LogP contribution is 2.30. The van der Waals surface area contributed by atoms with E-state index in [4.69, 9.17) is 10.7 Å². The van der Waals surface area contributed by atoms with Gasteiger partial charge in [0.15, 0.2) is 17.0 Å². The lowest BCUT2D eigenvalue weighted by atomic mass is 10.0. The molecule has 5 nitrogen and oxygen atoms in total. The summed E-state index contributed by atoms with van der Waals surface area (Å²) in [4.78, 5) is 17.6. The van der Waals surface area contributed by atoms with Crippen LogP contribution in [0.3, 0.4) is 0 Å². The van der Waals surface area contributed by atoms with Gasteiger partial charge in [0, 0.05) is 11.1 Å². The molecule has 4 aromatic rings. The molecule has 0 spiro atoms. The summed E-state index contributed by atoms with van der Waals surface area (Å²) in [6.45, 7) is 0. The second-order valence-corrected chi connectivity index (χ2v) is 5.08. The third kappa shape index (κ3) is 2.38. The molecule has 0 unspecified atom stereocenters. The number of hydrogen-bond donors (Lipinski definition) is 1. The van der Waals surface area contributed by atoms with Crippen molar-refractivity contribution in [2.75, 3.05) is 5.73 Å². The fraction of sp³-hybridized carbons (Fsp3) is 0. The molecule has 0 aliphatic rings. The van der Waals surface area contributed by atoms with E-state index in [-0.39, 0.29) is 0 Å². The number of nitrogens with two attached hydrogens (primary N) is 1. The van der Waals surface area contributed by atoms with E-state index in [2.05, 4.69) is 15.0 Å². The molecule has 0 aliphatic carbocycles. The van der Waals surface area contributed by atoms with Crippen molar-refractivity contribution < 1.29 is 0 Å². The van der Waals surface area contributed by atoms with Crippen LogP contribution in [0.1, 0.15) is 0 Å². The molecule has 0 aliphatic heterocycles. The van der Waals surface area contributed by atoms with Gasteiger partial charge in [-0.05, 0) is 0 Å². The summed E-state index contributed by atoms with van der Waals surface area (Å²) < 4.78 is 0. The molecule has 0 saturated heterocycles. The molecular weight excluding hydrogens is 286 g/mol. The second kappa shape index (κ2) is 5.46. The normalized spacial score (nSPS) is 10.8. The number of fused-ring (bicyclic) bond motifs is 1. The monoisotopic (exact) mass is 299 g/mol. The number of nitrogens with zero attached hydrogens (tertiary/aromatic N) is 4. The fourth-order valence-corrected chi connectivity index (χ4v) is 2.49. The average molecular weight is 299 g/mol. The summed E-state index contributed by atoms with van der Waals surface area (Å²) in [7, 11) is 0. The molecule has 2 aromatic heterocycles. The molecular formula is C18H13N5. The molecule has 110 valence electrons. The van der Waals surface area contributed by atoms with Gasteiger partial charge in [0.1, 0.15) is 6.33 Å². The van der Waals surface area contributed by atoms with Crippen molar-refractivity contribution in [2.45, 2.75) is 0 Å². The Bertz CT molecular complexity index is 968. The molecule has 0 radical (unpaired) electrons. The predicted octanol–water partition coefficient (Wildman–Crippen LogP) is 3.34. The van der Waals surface area contributed by atoms with Gasteiger partial charge in [-0.1, -0.05) is 60.7 Å². The van der Waals surface area contributed by atoms with Crippen molar-refractivity contribution in [3.63, 3.8) is 0 Å². The Balaban J connectivity index is 2.07. The lowest BCUT2D eigenvalue weighted by Gasteiger charge is -2.10. The molecule has 2 aromatic carbocycles. The Kier molecular flexibility index (Phi) is 3.16. The predicted molar refractivity (Wildman–Crippen MR) is 90.4 cm³/mol. The smallest absolute Gasteiger partial charge is 0.184 e. The van der Waals surface area contributed by atoms with Gasteiger partial charge in [-0.25, -0.2) is 19.9 Å². The standard InChI is InChI=1S/C18H13N5/c19-17-16-18(21-11-20-17)23-15(13-9-5-2-6-10-13)14(22-16)12-7-3-1-4-8-12/h1-11H,(H2,19,20,21,23). The zero-order valence-corrected chi connectivity index (χ0v) is 12.2. The quantitative estimate of drug-likeness (QED) is 0.614. The maximum absolute atomic E-state index is 5.94. The number of rotatable bonds is 2. The Labute approximate surface area is 132 Å². The van der Waals surface area contributed by atoms with Crippen LogP contribution in [0.2, 0.25) is 0 Å². The lowest BCUT2D eigenvalue weighted by molar-refractivity contribution is 1.16. The van der Waals surface area contributed by atoms with Crippen molar-refractivity contribution in [3.8, 4) is 22.5 Å². The Morgan fingerprint density at radius 2 is 1.22 bits per heavy atom. The Morgan fingerprint density at radius 3 is 1.83 bits per heavy atom. The lowest BCUT2D eigenvalue weighted by Crippen LogP contribution is -2.01. The van der Waals surface area contributed by atoms with E-state index in [9.17, 15) is 0 Å². The minimum Gasteiger partial charge on any atom is -0.382 e. The number of aromatic nitrogens is 4. The van der Waals surface area contributed by atoms with E-state index >= 15 is 0 Å². The van der Waals surface area contributed by atoms with E-state index < -0.39 is 0 Å². The Hall–Kier alpha value is -3.34. The molecule has 5 heteroatoms. The first kappa shape index (κ1) is 13.3. The molecule has 4 rings (SSSR count). The van der Waals surface area contributed by atoms with Gasteiger partial charge in [-0.2, -0.15) is 0 Å². The third-order valence-electron chi connectivity index (χ3n) is 3.59. The number of benzene rings is 2. The van der Waals surface area contributed by atoms with E-state index in [1.807, 2.05) is 60.7 Å². The number of hydrogen-bond acceptors (Lipinski definition) is 5. The third-order valence-corrected chi connectivity index (χ3v) is 3.59. The zero-order valence-electron chi connectivity index (χ0n) is 12.2. The highest BCUT2D eigenvalue weighted by molar-refractivity contribution is 5.88. The molecule has 0 atom stereocenters. The topological polar surface area (TPSA) is 77.6 Å². The average Bonchev–Trinajstić information content (AvgIpc) is 2.63. The molecule has 2 N–H and O–H groups in total. The molecule has 0 amide bonds. The van der Waals surface area contributed by atoms with Gasteiger partial charge in [0.05, 0.1) is 11.4 Å². The Morgan fingerprint density at radius 1 is 0.652 bits per heavy atom. The second-order valence-electron chi connectivity index (χ2n) is 5.08. The van der Waals surface area contributed by atoms with E-state index in [1.54, 1.807) is 0 Å². The van der Waals surface area contributed by atoms with Crippen molar-refractivity contribution in [1.82, 2.24) is 19.9 Å². The van der Waals surface area contributed by atoms with Crippen LogP contribution >= 0.6 is 0 Å². The van der Waals surface area contributed by atoms with Crippen LogP contribution in [0.5, 0.6) is 0 Å². The van der Waals surface area contributed by atoms with Gasteiger partial charge in [-0.15, -0.1) is 0 Å². The molecule has 0 bridgehead atoms. The first-order chi connectivity index (χ1) is 11.3. The highest BCUT2D eigenvalue weighted by Gasteiger charge is 2.14. The van der Waals surface area contributed by atoms with Crippen molar-refractivity contribution in [2.24, 2.45) is 0 Å². The van der Waals surface area contributed by atoms with Crippen LogP contribution < -0.4 is 5.73 Å². The molecule has 0 saturated carbocycles. The van der Waals surface area contributed by atoms with Gasteiger partial charge in [-0.3, -0.25) is 0 Å². The minimum absolute atomic E-state index is 0.333. The summed E-state index contributed by atoms with van der Waals surface area (Å²) in [6, 6.07) is 19.9. The maximum atomic E-state index is 5.94.